The van der Waals surface area contributed by atoms with Crippen molar-refractivity contribution in [3.63, 3.8) is 0 Å². The van der Waals surface area contributed by atoms with Crippen LogP contribution in [-0.2, 0) is 0 Å². The Balaban J connectivity index is 2.37. The zero-order chi connectivity index (χ0) is 11.8. The highest BCUT2D eigenvalue weighted by Gasteiger charge is 2.18. The van der Waals surface area contributed by atoms with Crippen LogP contribution in [0, 0.1) is 0 Å². The number of aromatic carboxylic acids is 1. The van der Waals surface area contributed by atoms with Gasteiger partial charge < -0.3 is 5.11 Å². The Bertz CT molecular complexity index is 688. The molecule has 3 heterocycles. The monoisotopic (exact) mass is 245 g/mol. The smallest absolute Gasteiger partial charge is 0.372 e. The molecule has 5 nitrogen and oxygen atoms in total. The summed E-state index contributed by atoms with van der Waals surface area (Å²) in [5, 5.41) is 11.0. The van der Waals surface area contributed by atoms with Crippen LogP contribution in [0.1, 0.15) is 10.6 Å². The molecule has 0 aliphatic heterocycles. The molecule has 84 valence electrons. The van der Waals surface area contributed by atoms with Crippen molar-refractivity contribution in [3.8, 4) is 10.6 Å². The van der Waals surface area contributed by atoms with Crippen LogP contribution in [0.25, 0.3) is 16.2 Å². The molecular formula is C11H7N3O2S. The van der Waals surface area contributed by atoms with Gasteiger partial charge in [-0.2, -0.15) is 0 Å². The van der Waals surface area contributed by atoms with E-state index in [2.05, 4.69) is 9.97 Å². The summed E-state index contributed by atoms with van der Waals surface area (Å²) in [5.41, 5.74) is 1.17. The zero-order valence-electron chi connectivity index (χ0n) is 8.57. The largest absolute Gasteiger partial charge is 0.475 e. The normalized spacial score (nSPS) is 10.8. The Morgan fingerprint density at radius 1 is 1.41 bits per heavy atom. The van der Waals surface area contributed by atoms with Gasteiger partial charge in [-0.1, -0.05) is 6.07 Å². The molecule has 3 aromatic heterocycles. The van der Waals surface area contributed by atoms with Gasteiger partial charge in [-0.15, -0.1) is 11.3 Å². The highest BCUT2D eigenvalue weighted by atomic mass is 32.1. The third-order valence-electron chi connectivity index (χ3n) is 2.35. The predicted molar refractivity (Wildman–Crippen MR) is 63.3 cm³/mol. The number of fused-ring (bicyclic) bond motifs is 1. The summed E-state index contributed by atoms with van der Waals surface area (Å²) >= 11 is 1.51. The van der Waals surface area contributed by atoms with Gasteiger partial charge in [0, 0.05) is 12.4 Å². The average Bonchev–Trinajstić information content (AvgIpc) is 2.95. The second-order valence-electron chi connectivity index (χ2n) is 3.38. The molecule has 0 saturated carbocycles. The molecule has 0 aliphatic rings. The van der Waals surface area contributed by atoms with Gasteiger partial charge in [-0.25, -0.2) is 14.8 Å². The first-order valence-electron chi connectivity index (χ1n) is 4.87. The summed E-state index contributed by atoms with van der Waals surface area (Å²) < 4.78 is 1.48. The number of carboxylic acids is 1. The van der Waals surface area contributed by atoms with Crippen LogP contribution in [0.5, 0.6) is 0 Å². The number of nitrogens with zero attached hydrogens (tertiary/aromatic N) is 3. The van der Waals surface area contributed by atoms with Crippen LogP contribution >= 0.6 is 11.3 Å². The molecular weight excluding hydrogens is 238 g/mol. The maximum Gasteiger partial charge on any atom is 0.372 e. The maximum atomic E-state index is 11.1. The summed E-state index contributed by atoms with van der Waals surface area (Å²) in [6, 6.07) is 5.47. The van der Waals surface area contributed by atoms with E-state index in [0.29, 0.717) is 11.3 Å². The molecule has 1 N–H and O–H groups in total. The highest BCUT2D eigenvalue weighted by Crippen LogP contribution is 2.27. The first kappa shape index (κ1) is 9.98. The van der Waals surface area contributed by atoms with Crippen molar-refractivity contribution >= 4 is 23.0 Å². The lowest BCUT2D eigenvalue weighted by molar-refractivity contribution is 0.0683. The fraction of sp³-hybridized carbons (Fsp3) is 0. The van der Waals surface area contributed by atoms with Gasteiger partial charge in [0.1, 0.15) is 5.69 Å². The van der Waals surface area contributed by atoms with E-state index in [1.165, 1.54) is 15.7 Å². The Kier molecular flexibility index (Phi) is 2.15. The second kappa shape index (κ2) is 3.67. The Morgan fingerprint density at radius 2 is 2.29 bits per heavy atom. The third-order valence-corrected chi connectivity index (χ3v) is 3.23. The number of thiophene rings is 1. The van der Waals surface area contributed by atoms with Crippen molar-refractivity contribution in [1.29, 1.82) is 0 Å². The van der Waals surface area contributed by atoms with Crippen LogP contribution in [0.3, 0.4) is 0 Å². The molecule has 3 rings (SSSR count). The van der Waals surface area contributed by atoms with Gasteiger partial charge in [0.2, 0.25) is 5.82 Å². The van der Waals surface area contributed by atoms with Gasteiger partial charge in [-0.05, 0) is 17.5 Å². The van der Waals surface area contributed by atoms with E-state index in [9.17, 15) is 4.79 Å². The van der Waals surface area contributed by atoms with Crippen molar-refractivity contribution in [2.24, 2.45) is 0 Å². The molecule has 0 aliphatic carbocycles. The van der Waals surface area contributed by atoms with Crippen molar-refractivity contribution < 1.29 is 9.90 Å². The SMILES string of the molecule is O=C(O)c1nc(-c2cccs2)c2ncccn12. The van der Waals surface area contributed by atoms with E-state index in [-0.39, 0.29) is 5.82 Å². The molecule has 0 saturated heterocycles. The number of hydrogen-bond donors (Lipinski definition) is 1. The number of imidazole rings is 1. The van der Waals surface area contributed by atoms with Crippen molar-refractivity contribution in [2.75, 3.05) is 0 Å². The van der Waals surface area contributed by atoms with Crippen molar-refractivity contribution in [3.05, 3.63) is 41.8 Å². The molecule has 6 heteroatoms. The summed E-state index contributed by atoms with van der Waals surface area (Å²) in [7, 11) is 0. The topological polar surface area (TPSA) is 67.5 Å². The molecule has 3 aromatic rings. The van der Waals surface area contributed by atoms with E-state index in [1.54, 1.807) is 18.5 Å². The summed E-state index contributed by atoms with van der Waals surface area (Å²) in [5.74, 6) is -1.08. The number of carbonyl (C=O) groups is 1. The van der Waals surface area contributed by atoms with E-state index in [4.69, 9.17) is 5.11 Å². The minimum absolute atomic E-state index is 0.0171. The summed E-state index contributed by atoms with van der Waals surface area (Å²) in [6.07, 6.45) is 3.27. The molecule has 0 atom stereocenters. The van der Waals surface area contributed by atoms with Gasteiger partial charge in [0.25, 0.3) is 0 Å². The van der Waals surface area contributed by atoms with Crippen LogP contribution in [0.4, 0.5) is 0 Å². The molecule has 0 amide bonds. The average molecular weight is 245 g/mol. The molecule has 0 spiro atoms. The van der Waals surface area contributed by atoms with Gasteiger partial charge in [-0.3, -0.25) is 4.40 Å². The van der Waals surface area contributed by atoms with Gasteiger partial charge in [0.05, 0.1) is 4.88 Å². The predicted octanol–water partition coefficient (Wildman–Crippen LogP) is 2.16. The highest BCUT2D eigenvalue weighted by molar-refractivity contribution is 7.13. The summed E-state index contributed by atoms with van der Waals surface area (Å²) in [6.45, 7) is 0. The molecule has 0 radical (unpaired) electrons. The Hall–Kier alpha value is -2.21. The first-order chi connectivity index (χ1) is 8.27. The lowest BCUT2D eigenvalue weighted by Crippen LogP contribution is -2.03. The minimum Gasteiger partial charge on any atom is -0.475 e. The molecule has 0 unspecified atom stereocenters. The van der Waals surface area contributed by atoms with E-state index in [1.807, 2.05) is 17.5 Å². The standard InChI is InChI=1S/C11H7N3O2S/c15-11(16)10-13-8(7-3-1-6-17-7)9-12-4-2-5-14(9)10/h1-6H,(H,15,16). The fourth-order valence-corrected chi connectivity index (χ4v) is 2.37. The van der Waals surface area contributed by atoms with E-state index < -0.39 is 5.97 Å². The second-order valence-corrected chi connectivity index (χ2v) is 4.33. The van der Waals surface area contributed by atoms with E-state index in [0.717, 1.165) is 4.88 Å². The van der Waals surface area contributed by atoms with Crippen LogP contribution in [-0.4, -0.2) is 25.4 Å². The zero-order valence-corrected chi connectivity index (χ0v) is 9.39. The lowest BCUT2D eigenvalue weighted by atomic mass is 10.3. The first-order valence-corrected chi connectivity index (χ1v) is 5.75. The van der Waals surface area contributed by atoms with Crippen molar-refractivity contribution in [2.45, 2.75) is 0 Å². The van der Waals surface area contributed by atoms with E-state index >= 15 is 0 Å². The quantitative estimate of drug-likeness (QED) is 0.751. The molecule has 0 fully saturated rings. The van der Waals surface area contributed by atoms with Gasteiger partial charge >= 0.3 is 5.97 Å². The van der Waals surface area contributed by atoms with Crippen molar-refractivity contribution in [1.82, 2.24) is 14.4 Å². The lowest BCUT2D eigenvalue weighted by Gasteiger charge is -1.94. The van der Waals surface area contributed by atoms with Crippen LogP contribution < -0.4 is 0 Å². The Morgan fingerprint density at radius 3 is 3.00 bits per heavy atom. The number of rotatable bonds is 2. The Labute approximate surface area is 100 Å². The fourth-order valence-electron chi connectivity index (χ4n) is 1.66. The maximum absolute atomic E-state index is 11.1. The number of aromatic nitrogens is 3. The van der Waals surface area contributed by atoms with Crippen LogP contribution in [0.2, 0.25) is 0 Å². The molecule has 0 aromatic carbocycles. The molecule has 17 heavy (non-hydrogen) atoms. The number of carboxylic acid groups (broad SMARTS) is 1. The minimum atomic E-state index is -1.06. The third kappa shape index (κ3) is 1.50. The number of hydrogen-bond acceptors (Lipinski definition) is 4. The summed E-state index contributed by atoms with van der Waals surface area (Å²) in [4.78, 5) is 20.3. The van der Waals surface area contributed by atoms with Crippen LogP contribution in [0.15, 0.2) is 36.0 Å². The van der Waals surface area contributed by atoms with Gasteiger partial charge in [0.15, 0.2) is 5.65 Å². The molecule has 0 bridgehead atoms.